The summed E-state index contributed by atoms with van der Waals surface area (Å²) < 4.78 is 53.6. The molecule has 0 bridgehead atoms. The molecule has 1 rings (SSSR count). The Morgan fingerprint density at radius 1 is 1.29 bits per heavy atom. The summed E-state index contributed by atoms with van der Waals surface area (Å²) in [6.07, 6.45) is -4.42. The van der Waals surface area contributed by atoms with Gasteiger partial charge in [0.2, 0.25) is 5.91 Å². The standard InChI is InChI=1S/C13H16F4N2O2/c1-19(8-12(20)18-9-13(15,16)17)6-7-21-11-4-2-10(14)3-5-11/h2-5H,6-9H2,1H3,(H,18,20). The number of nitrogens with one attached hydrogen (secondary N) is 1. The molecule has 1 aromatic rings. The Labute approximate surface area is 119 Å². The Balaban J connectivity index is 2.20. The first kappa shape index (κ1) is 17.2. The highest BCUT2D eigenvalue weighted by Crippen LogP contribution is 2.12. The average molecular weight is 308 g/mol. The molecule has 0 aliphatic heterocycles. The lowest BCUT2D eigenvalue weighted by Crippen LogP contribution is -2.40. The number of ether oxygens (including phenoxy) is 1. The van der Waals surface area contributed by atoms with Gasteiger partial charge in [-0.3, -0.25) is 9.69 Å². The monoisotopic (exact) mass is 308 g/mol. The Hall–Kier alpha value is -1.83. The Kier molecular flexibility index (Phi) is 6.41. The van der Waals surface area contributed by atoms with Crippen molar-refractivity contribution in [3.63, 3.8) is 0 Å². The zero-order valence-corrected chi connectivity index (χ0v) is 11.4. The molecule has 0 radical (unpaired) electrons. The van der Waals surface area contributed by atoms with Crippen molar-refractivity contribution >= 4 is 5.91 Å². The van der Waals surface area contributed by atoms with Crippen LogP contribution in [0.3, 0.4) is 0 Å². The number of rotatable bonds is 7. The lowest BCUT2D eigenvalue weighted by Gasteiger charge is -2.17. The maximum Gasteiger partial charge on any atom is 0.405 e. The number of benzene rings is 1. The normalized spacial score (nSPS) is 11.5. The second-order valence-corrected chi connectivity index (χ2v) is 4.43. The van der Waals surface area contributed by atoms with Crippen molar-refractivity contribution in [1.82, 2.24) is 10.2 Å². The van der Waals surface area contributed by atoms with Crippen LogP contribution in [-0.4, -0.2) is 50.3 Å². The highest BCUT2D eigenvalue weighted by atomic mass is 19.4. The molecule has 0 aromatic heterocycles. The van der Waals surface area contributed by atoms with E-state index in [9.17, 15) is 22.4 Å². The third-order valence-corrected chi connectivity index (χ3v) is 2.45. The molecule has 0 spiro atoms. The Morgan fingerprint density at radius 3 is 2.48 bits per heavy atom. The van der Waals surface area contributed by atoms with Gasteiger partial charge in [-0.15, -0.1) is 0 Å². The quantitative estimate of drug-likeness (QED) is 0.781. The molecule has 4 nitrogen and oxygen atoms in total. The van der Waals surface area contributed by atoms with E-state index in [0.717, 1.165) is 0 Å². The van der Waals surface area contributed by atoms with E-state index in [1.807, 2.05) is 0 Å². The fourth-order valence-electron chi connectivity index (χ4n) is 1.43. The lowest BCUT2D eigenvalue weighted by molar-refractivity contribution is -0.138. The number of likely N-dealkylation sites (N-methyl/N-ethyl adjacent to an activating group) is 1. The van der Waals surface area contributed by atoms with Crippen molar-refractivity contribution in [2.45, 2.75) is 6.18 Å². The van der Waals surface area contributed by atoms with Gasteiger partial charge in [0.25, 0.3) is 0 Å². The first-order valence-corrected chi connectivity index (χ1v) is 6.16. The molecular weight excluding hydrogens is 292 g/mol. The van der Waals surface area contributed by atoms with Crippen LogP contribution in [0, 0.1) is 5.82 Å². The summed E-state index contributed by atoms with van der Waals surface area (Å²) in [6.45, 7) is -0.930. The number of hydrogen-bond donors (Lipinski definition) is 1. The van der Waals surface area contributed by atoms with Gasteiger partial charge in [0.1, 0.15) is 24.7 Å². The van der Waals surface area contributed by atoms with E-state index in [2.05, 4.69) is 0 Å². The molecule has 0 aliphatic rings. The fourth-order valence-corrected chi connectivity index (χ4v) is 1.43. The minimum absolute atomic E-state index is 0.164. The minimum atomic E-state index is -4.42. The molecule has 0 heterocycles. The molecule has 8 heteroatoms. The predicted molar refractivity (Wildman–Crippen MR) is 68.5 cm³/mol. The molecular formula is C13H16F4N2O2. The maximum absolute atomic E-state index is 12.6. The van der Waals surface area contributed by atoms with Gasteiger partial charge in [-0.25, -0.2) is 4.39 Å². The van der Waals surface area contributed by atoms with Crippen LogP contribution in [0.25, 0.3) is 0 Å². The second-order valence-electron chi connectivity index (χ2n) is 4.43. The number of hydrogen-bond acceptors (Lipinski definition) is 3. The van der Waals surface area contributed by atoms with E-state index in [1.165, 1.54) is 29.2 Å². The summed E-state index contributed by atoms with van der Waals surface area (Å²) in [5.74, 6) is -0.608. The van der Waals surface area contributed by atoms with Crippen LogP contribution >= 0.6 is 0 Å². The van der Waals surface area contributed by atoms with Crippen molar-refractivity contribution < 1.29 is 27.1 Å². The number of carbonyl (C=O) groups is 1. The zero-order chi connectivity index (χ0) is 15.9. The van der Waals surface area contributed by atoms with Crippen LogP contribution in [-0.2, 0) is 4.79 Å². The van der Waals surface area contributed by atoms with Crippen LogP contribution < -0.4 is 10.1 Å². The molecule has 21 heavy (non-hydrogen) atoms. The lowest BCUT2D eigenvalue weighted by atomic mass is 10.3. The van der Waals surface area contributed by atoms with Crippen molar-refractivity contribution in [3.05, 3.63) is 30.1 Å². The zero-order valence-electron chi connectivity index (χ0n) is 11.4. The van der Waals surface area contributed by atoms with E-state index < -0.39 is 18.6 Å². The molecule has 0 aliphatic carbocycles. The molecule has 0 saturated carbocycles. The minimum Gasteiger partial charge on any atom is -0.492 e. The van der Waals surface area contributed by atoms with E-state index in [1.54, 1.807) is 12.4 Å². The smallest absolute Gasteiger partial charge is 0.405 e. The van der Waals surface area contributed by atoms with E-state index in [-0.39, 0.29) is 19.0 Å². The number of amides is 1. The van der Waals surface area contributed by atoms with Gasteiger partial charge < -0.3 is 10.1 Å². The SMILES string of the molecule is CN(CCOc1ccc(F)cc1)CC(=O)NCC(F)(F)F. The van der Waals surface area contributed by atoms with Crippen LogP contribution in [0.4, 0.5) is 17.6 Å². The summed E-state index contributed by atoms with van der Waals surface area (Å²) in [7, 11) is 1.58. The predicted octanol–water partition coefficient (Wildman–Crippen LogP) is 1.81. The van der Waals surface area contributed by atoms with Gasteiger partial charge >= 0.3 is 6.18 Å². The summed E-state index contributed by atoms with van der Waals surface area (Å²) in [6, 6.07) is 5.43. The molecule has 1 N–H and O–H groups in total. The third kappa shape index (κ3) is 8.13. The van der Waals surface area contributed by atoms with Gasteiger partial charge in [-0.1, -0.05) is 0 Å². The molecule has 0 saturated heterocycles. The van der Waals surface area contributed by atoms with Gasteiger partial charge in [-0.2, -0.15) is 13.2 Å². The van der Waals surface area contributed by atoms with Crippen LogP contribution in [0.2, 0.25) is 0 Å². The second kappa shape index (κ2) is 7.82. The summed E-state index contributed by atoms with van der Waals surface area (Å²) >= 11 is 0. The molecule has 0 atom stereocenters. The fraction of sp³-hybridized carbons (Fsp3) is 0.462. The summed E-state index contributed by atoms with van der Waals surface area (Å²) in [5, 5.41) is 1.78. The van der Waals surface area contributed by atoms with Crippen molar-refractivity contribution in [3.8, 4) is 5.75 Å². The van der Waals surface area contributed by atoms with Crippen LogP contribution in [0.1, 0.15) is 0 Å². The van der Waals surface area contributed by atoms with Crippen molar-refractivity contribution in [2.75, 3.05) is 33.3 Å². The van der Waals surface area contributed by atoms with E-state index >= 15 is 0 Å². The molecule has 1 aromatic carbocycles. The number of alkyl halides is 3. The Bertz CT molecular complexity index is 448. The van der Waals surface area contributed by atoms with E-state index in [4.69, 9.17) is 4.74 Å². The van der Waals surface area contributed by atoms with Crippen molar-refractivity contribution in [2.24, 2.45) is 0 Å². The van der Waals surface area contributed by atoms with Gasteiger partial charge in [0.05, 0.1) is 6.54 Å². The van der Waals surface area contributed by atoms with Crippen LogP contribution in [0.15, 0.2) is 24.3 Å². The third-order valence-electron chi connectivity index (χ3n) is 2.45. The molecule has 118 valence electrons. The first-order valence-electron chi connectivity index (χ1n) is 6.16. The number of carbonyl (C=O) groups excluding carboxylic acids is 1. The van der Waals surface area contributed by atoms with Gasteiger partial charge in [0, 0.05) is 6.54 Å². The Morgan fingerprint density at radius 2 is 1.90 bits per heavy atom. The first-order chi connectivity index (χ1) is 9.76. The molecule has 0 fully saturated rings. The maximum atomic E-state index is 12.6. The average Bonchev–Trinajstić information content (AvgIpc) is 2.38. The van der Waals surface area contributed by atoms with Gasteiger partial charge in [0.15, 0.2) is 0 Å². The highest BCUT2D eigenvalue weighted by molar-refractivity contribution is 5.77. The van der Waals surface area contributed by atoms with Crippen LogP contribution in [0.5, 0.6) is 5.75 Å². The largest absolute Gasteiger partial charge is 0.492 e. The number of nitrogens with zero attached hydrogens (tertiary/aromatic N) is 1. The topological polar surface area (TPSA) is 41.6 Å². The number of halogens is 4. The van der Waals surface area contributed by atoms with E-state index in [0.29, 0.717) is 12.3 Å². The van der Waals surface area contributed by atoms with Gasteiger partial charge in [-0.05, 0) is 31.3 Å². The summed E-state index contributed by atoms with van der Waals surface area (Å²) in [4.78, 5) is 12.8. The molecule has 0 unspecified atom stereocenters. The highest BCUT2D eigenvalue weighted by Gasteiger charge is 2.27. The van der Waals surface area contributed by atoms with Crippen molar-refractivity contribution in [1.29, 1.82) is 0 Å². The summed E-state index contributed by atoms with van der Waals surface area (Å²) in [5.41, 5.74) is 0. The molecule has 1 amide bonds.